The molecule has 0 aliphatic carbocycles. The van der Waals surface area contributed by atoms with Crippen LogP contribution in [-0.2, 0) is 20.8 Å². The second kappa shape index (κ2) is 11.7. The van der Waals surface area contributed by atoms with Crippen molar-refractivity contribution in [2.75, 3.05) is 6.54 Å². The molecule has 1 aliphatic heterocycles. The Labute approximate surface area is 175 Å². The maximum atomic E-state index is 13.1. The number of hydrogen-bond acceptors (Lipinski definition) is 3. The Morgan fingerprint density at radius 1 is 1.14 bits per heavy atom. The number of rotatable bonds is 12. The first-order chi connectivity index (χ1) is 13.9. The van der Waals surface area contributed by atoms with Gasteiger partial charge in [-0.3, -0.25) is 14.4 Å². The van der Waals surface area contributed by atoms with Gasteiger partial charge >= 0.3 is 0 Å². The Morgan fingerprint density at radius 3 is 2.52 bits per heavy atom. The Hall–Kier alpha value is -2.17. The summed E-state index contributed by atoms with van der Waals surface area (Å²) >= 11 is 0. The van der Waals surface area contributed by atoms with Gasteiger partial charge in [0.05, 0.1) is 6.04 Å². The van der Waals surface area contributed by atoms with Crippen LogP contribution in [-0.4, -0.2) is 41.1 Å². The molecule has 1 aromatic rings. The highest BCUT2D eigenvalue weighted by atomic mass is 16.2. The van der Waals surface area contributed by atoms with Gasteiger partial charge in [-0.2, -0.15) is 0 Å². The highest BCUT2D eigenvalue weighted by Gasteiger charge is 2.38. The number of hydrogen-bond donors (Lipinski definition) is 1. The number of carbonyl (C=O) groups is 3. The van der Waals surface area contributed by atoms with E-state index in [4.69, 9.17) is 0 Å². The van der Waals surface area contributed by atoms with Crippen molar-refractivity contribution < 1.29 is 14.4 Å². The number of ketones is 1. The molecule has 0 aromatic heterocycles. The van der Waals surface area contributed by atoms with E-state index in [1.165, 1.54) is 0 Å². The summed E-state index contributed by atoms with van der Waals surface area (Å²) in [4.78, 5) is 40.0. The van der Waals surface area contributed by atoms with Crippen LogP contribution >= 0.6 is 0 Å². The molecule has 2 amide bonds. The molecule has 0 bridgehead atoms. The van der Waals surface area contributed by atoms with Gasteiger partial charge in [0, 0.05) is 6.42 Å². The fraction of sp³-hybridized carbons (Fsp3) is 0.625. The highest BCUT2D eigenvalue weighted by molar-refractivity contribution is 5.98. The van der Waals surface area contributed by atoms with Crippen molar-refractivity contribution in [3.63, 3.8) is 0 Å². The number of Topliss-reactive ketones (excluding diaryl/α,β-unsaturated/α-hetero) is 1. The Kier molecular flexibility index (Phi) is 9.36. The van der Waals surface area contributed by atoms with Crippen LogP contribution in [0.3, 0.4) is 0 Å². The molecule has 1 unspecified atom stereocenters. The highest BCUT2D eigenvalue weighted by Crippen LogP contribution is 2.20. The van der Waals surface area contributed by atoms with Crippen LogP contribution in [0.2, 0.25) is 0 Å². The molecule has 1 heterocycles. The van der Waals surface area contributed by atoms with Crippen LogP contribution < -0.4 is 5.32 Å². The lowest BCUT2D eigenvalue weighted by Crippen LogP contribution is -2.62. The smallest absolute Gasteiger partial charge is 0.246 e. The van der Waals surface area contributed by atoms with Crippen molar-refractivity contribution in [2.24, 2.45) is 5.92 Å². The molecule has 160 valence electrons. The number of amides is 2. The summed E-state index contributed by atoms with van der Waals surface area (Å²) in [5, 5.41) is 2.81. The van der Waals surface area contributed by atoms with Gasteiger partial charge in [0.1, 0.15) is 12.6 Å². The average molecular weight is 401 g/mol. The molecule has 5 heteroatoms. The second-order valence-electron chi connectivity index (χ2n) is 8.53. The van der Waals surface area contributed by atoms with Crippen LogP contribution in [0.4, 0.5) is 0 Å². The SMILES string of the molecule is CCCCCCC(=O)C(CCc1ccccc1)N1CC(=O)N[C@@H](CC(C)C)C1=O. The summed E-state index contributed by atoms with van der Waals surface area (Å²) in [5.74, 6) is 0.0945. The van der Waals surface area contributed by atoms with Crippen molar-refractivity contribution in [2.45, 2.75) is 84.2 Å². The van der Waals surface area contributed by atoms with E-state index in [1.807, 2.05) is 44.2 Å². The quantitative estimate of drug-likeness (QED) is 0.541. The molecule has 29 heavy (non-hydrogen) atoms. The molecule has 0 saturated carbocycles. The summed E-state index contributed by atoms with van der Waals surface area (Å²) in [5.41, 5.74) is 1.14. The number of unbranched alkanes of at least 4 members (excludes halogenated alkanes) is 3. The molecule has 5 nitrogen and oxygen atoms in total. The molecule has 1 aliphatic rings. The minimum absolute atomic E-state index is 0.0203. The van der Waals surface area contributed by atoms with E-state index in [0.717, 1.165) is 31.2 Å². The van der Waals surface area contributed by atoms with Crippen LogP contribution in [0, 0.1) is 5.92 Å². The zero-order valence-corrected chi connectivity index (χ0v) is 18.2. The first kappa shape index (κ1) is 23.1. The topological polar surface area (TPSA) is 66.5 Å². The molecule has 1 saturated heterocycles. The third-order valence-corrected chi connectivity index (χ3v) is 5.51. The standard InChI is InChI=1S/C24H36N2O3/c1-4-5-6-10-13-22(27)21(15-14-19-11-8-7-9-12-19)26-17-23(28)25-20(24(26)29)16-18(2)3/h7-9,11-12,18,20-21H,4-6,10,13-17H2,1-3H3,(H,25,28)/t20-,21?/m0/s1. The van der Waals surface area contributed by atoms with Gasteiger partial charge in [0.2, 0.25) is 11.8 Å². The molecule has 0 radical (unpaired) electrons. The van der Waals surface area contributed by atoms with E-state index >= 15 is 0 Å². The first-order valence-corrected chi connectivity index (χ1v) is 11.1. The van der Waals surface area contributed by atoms with Crippen molar-refractivity contribution in [3.8, 4) is 0 Å². The van der Waals surface area contributed by atoms with E-state index in [1.54, 1.807) is 4.90 Å². The molecular weight excluding hydrogens is 364 g/mol. The molecule has 1 N–H and O–H groups in total. The van der Waals surface area contributed by atoms with Gasteiger partial charge in [-0.05, 0) is 37.2 Å². The normalized spacial score (nSPS) is 18.1. The van der Waals surface area contributed by atoms with Crippen LogP contribution in [0.15, 0.2) is 30.3 Å². The van der Waals surface area contributed by atoms with E-state index in [0.29, 0.717) is 25.7 Å². The predicted octanol–water partition coefficient (Wildman–Crippen LogP) is 3.90. The summed E-state index contributed by atoms with van der Waals surface area (Å²) in [6, 6.07) is 8.96. The lowest BCUT2D eigenvalue weighted by atomic mass is 9.94. The summed E-state index contributed by atoms with van der Waals surface area (Å²) in [6.07, 6.45) is 6.44. The van der Waals surface area contributed by atoms with Gasteiger partial charge in [-0.1, -0.05) is 70.4 Å². The monoisotopic (exact) mass is 400 g/mol. The zero-order valence-electron chi connectivity index (χ0n) is 18.2. The largest absolute Gasteiger partial charge is 0.343 e. The number of nitrogens with zero attached hydrogens (tertiary/aromatic N) is 1. The molecule has 1 aromatic carbocycles. The van der Waals surface area contributed by atoms with Gasteiger partial charge < -0.3 is 10.2 Å². The maximum absolute atomic E-state index is 13.1. The predicted molar refractivity (Wildman–Crippen MR) is 115 cm³/mol. The molecular formula is C24H36N2O3. The Morgan fingerprint density at radius 2 is 1.86 bits per heavy atom. The van der Waals surface area contributed by atoms with Crippen molar-refractivity contribution in [1.82, 2.24) is 10.2 Å². The summed E-state index contributed by atoms with van der Waals surface area (Å²) in [6.45, 7) is 6.19. The second-order valence-corrected chi connectivity index (χ2v) is 8.53. The molecule has 1 fully saturated rings. The number of piperazine rings is 1. The lowest BCUT2D eigenvalue weighted by Gasteiger charge is -2.38. The van der Waals surface area contributed by atoms with Gasteiger partial charge in [-0.25, -0.2) is 0 Å². The molecule has 2 rings (SSSR count). The zero-order chi connectivity index (χ0) is 21.2. The summed E-state index contributed by atoms with van der Waals surface area (Å²) in [7, 11) is 0. The minimum atomic E-state index is -0.525. The van der Waals surface area contributed by atoms with E-state index in [2.05, 4.69) is 12.2 Å². The van der Waals surface area contributed by atoms with E-state index in [9.17, 15) is 14.4 Å². The van der Waals surface area contributed by atoms with Gasteiger partial charge in [0.15, 0.2) is 5.78 Å². The minimum Gasteiger partial charge on any atom is -0.343 e. The van der Waals surface area contributed by atoms with Crippen LogP contribution in [0.5, 0.6) is 0 Å². The third kappa shape index (κ3) is 7.30. The molecule has 0 spiro atoms. The number of aryl methyl sites for hydroxylation is 1. The van der Waals surface area contributed by atoms with E-state index < -0.39 is 12.1 Å². The molecule has 2 atom stereocenters. The van der Waals surface area contributed by atoms with Crippen molar-refractivity contribution in [3.05, 3.63) is 35.9 Å². The van der Waals surface area contributed by atoms with E-state index in [-0.39, 0.29) is 30.1 Å². The number of carbonyl (C=O) groups excluding carboxylic acids is 3. The average Bonchev–Trinajstić information content (AvgIpc) is 2.69. The third-order valence-electron chi connectivity index (χ3n) is 5.51. The fourth-order valence-electron chi connectivity index (χ4n) is 3.96. The Balaban J connectivity index is 2.13. The summed E-state index contributed by atoms with van der Waals surface area (Å²) < 4.78 is 0. The number of benzene rings is 1. The first-order valence-electron chi connectivity index (χ1n) is 11.1. The van der Waals surface area contributed by atoms with Gasteiger partial charge in [0.25, 0.3) is 0 Å². The van der Waals surface area contributed by atoms with Crippen LogP contribution in [0.25, 0.3) is 0 Å². The van der Waals surface area contributed by atoms with Crippen LogP contribution in [0.1, 0.15) is 71.3 Å². The van der Waals surface area contributed by atoms with Crippen molar-refractivity contribution >= 4 is 17.6 Å². The lowest BCUT2D eigenvalue weighted by molar-refractivity contribution is -0.150. The Bertz CT molecular complexity index is 672. The number of nitrogens with one attached hydrogen (secondary N) is 1. The maximum Gasteiger partial charge on any atom is 0.246 e. The van der Waals surface area contributed by atoms with Crippen molar-refractivity contribution in [1.29, 1.82) is 0 Å². The van der Waals surface area contributed by atoms with Gasteiger partial charge in [-0.15, -0.1) is 0 Å². The fourth-order valence-corrected chi connectivity index (χ4v) is 3.96.